The van der Waals surface area contributed by atoms with E-state index in [0.717, 1.165) is 38.8 Å². The van der Waals surface area contributed by atoms with Crippen molar-refractivity contribution in [3.05, 3.63) is 0 Å². The molecule has 16 heavy (non-hydrogen) atoms. The molecule has 4 heteroatoms. The van der Waals surface area contributed by atoms with Crippen LogP contribution in [-0.2, 0) is 9.47 Å². The van der Waals surface area contributed by atoms with Crippen molar-refractivity contribution in [3.63, 3.8) is 0 Å². The van der Waals surface area contributed by atoms with Gasteiger partial charge >= 0.3 is 0 Å². The molecule has 2 heterocycles. The molecule has 0 saturated carbocycles. The second-order valence-corrected chi connectivity index (χ2v) is 4.89. The lowest BCUT2D eigenvalue weighted by atomic mass is 9.89. The number of ether oxygens (including phenoxy) is 2. The summed E-state index contributed by atoms with van der Waals surface area (Å²) in [5.74, 6) is 0. The van der Waals surface area contributed by atoms with Crippen molar-refractivity contribution in [3.8, 4) is 0 Å². The van der Waals surface area contributed by atoms with Gasteiger partial charge < -0.3 is 20.1 Å². The maximum atomic E-state index is 5.47. The minimum Gasteiger partial charge on any atom is -0.381 e. The summed E-state index contributed by atoms with van der Waals surface area (Å²) in [5.41, 5.74) is 0. The summed E-state index contributed by atoms with van der Waals surface area (Å²) in [7, 11) is 3.64. The number of methoxy groups -OCH3 is 2. The molecular formula is C12H24N2O2. The summed E-state index contributed by atoms with van der Waals surface area (Å²) in [6, 6.07) is 1.08. The van der Waals surface area contributed by atoms with Crippen molar-refractivity contribution in [2.24, 2.45) is 0 Å². The highest BCUT2D eigenvalue weighted by Crippen LogP contribution is 2.20. The Morgan fingerprint density at radius 1 is 0.812 bits per heavy atom. The van der Waals surface area contributed by atoms with E-state index in [2.05, 4.69) is 10.6 Å². The van der Waals surface area contributed by atoms with Gasteiger partial charge in [-0.05, 0) is 38.8 Å². The van der Waals surface area contributed by atoms with Gasteiger partial charge in [-0.15, -0.1) is 0 Å². The molecule has 4 atom stereocenters. The molecule has 0 spiro atoms. The molecule has 2 saturated heterocycles. The normalized spacial score (nSPS) is 40.9. The van der Waals surface area contributed by atoms with Crippen LogP contribution in [0.5, 0.6) is 0 Å². The molecule has 0 aromatic carbocycles. The van der Waals surface area contributed by atoms with Gasteiger partial charge in [-0.2, -0.15) is 0 Å². The summed E-state index contributed by atoms with van der Waals surface area (Å²) in [5, 5.41) is 7.20. The average molecular weight is 228 g/mol. The second kappa shape index (κ2) is 5.96. The molecule has 2 fully saturated rings. The summed E-state index contributed by atoms with van der Waals surface area (Å²) in [6.07, 6.45) is 5.35. The average Bonchev–Trinajstić information content (AvgIpc) is 2.39. The van der Waals surface area contributed by atoms with Crippen LogP contribution in [0.25, 0.3) is 0 Å². The molecule has 0 aromatic rings. The molecule has 94 valence electrons. The Balaban J connectivity index is 1.85. The van der Waals surface area contributed by atoms with Gasteiger partial charge in [-0.3, -0.25) is 0 Å². The van der Waals surface area contributed by atoms with Gasteiger partial charge in [0.15, 0.2) is 0 Å². The largest absolute Gasteiger partial charge is 0.381 e. The first-order chi connectivity index (χ1) is 7.83. The zero-order valence-corrected chi connectivity index (χ0v) is 10.4. The van der Waals surface area contributed by atoms with Gasteiger partial charge in [0, 0.05) is 26.3 Å². The highest BCUT2D eigenvalue weighted by Gasteiger charge is 2.31. The predicted octanol–water partition coefficient (Wildman–Crippen LogP) is 0.520. The number of hydrogen-bond donors (Lipinski definition) is 2. The second-order valence-electron chi connectivity index (χ2n) is 4.89. The zero-order valence-electron chi connectivity index (χ0n) is 10.4. The SMILES string of the molecule is COC1CCNC(C2CC(OC)CCN2)C1. The Morgan fingerprint density at radius 3 is 1.62 bits per heavy atom. The molecular weight excluding hydrogens is 204 g/mol. The lowest BCUT2D eigenvalue weighted by molar-refractivity contribution is 0.0290. The van der Waals surface area contributed by atoms with Crippen LogP contribution in [-0.4, -0.2) is 51.6 Å². The Bertz CT molecular complexity index is 191. The van der Waals surface area contributed by atoms with E-state index in [1.807, 2.05) is 14.2 Å². The van der Waals surface area contributed by atoms with Crippen molar-refractivity contribution in [2.75, 3.05) is 27.3 Å². The van der Waals surface area contributed by atoms with E-state index in [1.54, 1.807) is 0 Å². The fraction of sp³-hybridized carbons (Fsp3) is 1.00. The summed E-state index contributed by atoms with van der Waals surface area (Å²) < 4.78 is 10.9. The Hall–Kier alpha value is -0.160. The van der Waals surface area contributed by atoms with Gasteiger partial charge in [0.25, 0.3) is 0 Å². The zero-order chi connectivity index (χ0) is 11.4. The van der Waals surface area contributed by atoms with Crippen LogP contribution in [0.15, 0.2) is 0 Å². The maximum Gasteiger partial charge on any atom is 0.0598 e. The first-order valence-corrected chi connectivity index (χ1v) is 6.36. The van der Waals surface area contributed by atoms with Gasteiger partial charge in [0.1, 0.15) is 0 Å². The molecule has 2 rings (SSSR count). The summed E-state index contributed by atoms with van der Waals surface area (Å²) in [6.45, 7) is 2.14. The van der Waals surface area contributed by atoms with Crippen molar-refractivity contribution < 1.29 is 9.47 Å². The van der Waals surface area contributed by atoms with E-state index in [4.69, 9.17) is 9.47 Å². The molecule has 2 aliphatic heterocycles. The van der Waals surface area contributed by atoms with Crippen molar-refractivity contribution >= 4 is 0 Å². The highest BCUT2D eigenvalue weighted by molar-refractivity contribution is 4.92. The monoisotopic (exact) mass is 228 g/mol. The fourth-order valence-corrected chi connectivity index (χ4v) is 2.87. The molecule has 0 aliphatic carbocycles. The molecule has 2 N–H and O–H groups in total. The van der Waals surface area contributed by atoms with Crippen LogP contribution in [0.1, 0.15) is 25.7 Å². The van der Waals surface area contributed by atoms with Gasteiger partial charge in [0.2, 0.25) is 0 Å². The van der Waals surface area contributed by atoms with E-state index < -0.39 is 0 Å². The molecule has 0 bridgehead atoms. The molecule has 0 aromatic heterocycles. The third-order valence-electron chi connectivity index (χ3n) is 3.93. The van der Waals surface area contributed by atoms with Crippen LogP contribution in [0.3, 0.4) is 0 Å². The predicted molar refractivity (Wildman–Crippen MR) is 63.6 cm³/mol. The third kappa shape index (κ3) is 2.94. The first-order valence-electron chi connectivity index (χ1n) is 6.36. The van der Waals surface area contributed by atoms with Crippen LogP contribution >= 0.6 is 0 Å². The molecule has 2 aliphatic rings. The quantitative estimate of drug-likeness (QED) is 0.739. The van der Waals surface area contributed by atoms with E-state index >= 15 is 0 Å². The lowest BCUT2D eigenvalue weighted by Gasteiger charge is -2.39. The van der Waals surface area contributed by atoms with Gasteiger partial charge in [-0.1, -0.05) is 0 Å². The van der Waals surface area contributed by atoms with Crippen molar-refractivity contribution in [1.29, 1.82) is 0 Å². The van der Waals surface area contributed by atoms with Crippen LogP contribution in [0, 0.1) is 0 Å². The van der Waals surface area contributed by atoms with E-state index in [-0.39, 0.29) is 0 Å². The first kappa shape index (κ1) is 12.3. The fourth-order valence-electron chi connectivity index (χ4n) is 2.87. The molecule has 0 amide bonds. The number of nitrogens with one attached hydrogen (secondary N) is 2. The Morgan fingerprint density at radius 2 is 1.25 bits per heavy atom. The number of hydrogen-bond acceptors (Lipinski definition) is 4. The standard InChI is InChI=1S/C12H24N2O2/c1-15-9-3-5-13-11(7-9)12-8-10(16-2)4-6-14-12/h9-14H,3-8H2,1-2H3. The third-order valence-corrected chi connectivity index (χ3v) is 3.93. The number of rotatable bonds is 3. The van der Waals surface area contributed by atoms with E-state index in [1.165, 1.54) is 0 Å². The Labute approximate surface area is 98.1 Å². The van der Waals surface area contributed by atoms with Crippen molar-refractivity contribution in [1.82, 2.24) is 10.6 Å². The smallest absolute Gasteiger partial charge is 0.0598 e. The van der Waals surface area contributed by atoms with Gasteiger partial charge in [0.05, 0.1) is 12.2 Å². The van der Waals surface area contributed by atoms with E-state index in [0.29, 0.717) is 24.3 Å². The molecule has 4 unspecified atom stereocenters. The molecule has 4 nitrogen and oxygen atoms in total. The molecule has 0 radical (unpaired) electrons. The number of piperidine rings is 2. The maximum absolute atomic E-state index is 5.47. The summed E-state index contributed by atoms with van der Waals surface area (Å²) in [4.78, 5) is 0. The Kier molecular flexibility index (Phi) is 4.58. The van der Waals surface area contributed by atoms with Crippen LogP contribution < -0.4 is 10.6 Å². The van der Waals surface area contributed by atoms with Crippen molar-refractivity contribution in [2.45, 2.75) is 50.0 Å². The van der Waals surface area contributed by atoms with Crippen LogP contribution in [0.2, 0.25) is 0 Å². The minimum atomic E-state index is 0.427. The summed E-state index contributed by atoms with van der Waals surface area (Å²) >= 11 is 0. The van der Waals surface area contributed by atoms with Crippen LogP contribution in [0.4, 0.5) is 0 Å². The lowest BCUT2D eigenvalue weighted by Crippen LogP contribution is -2.56. The topological polar surface area (TPSA) is 42.5 Å². The van der Waals surface area contributed by atoms with Gasteiger partial charge in [-0.25, -0.2) is 0 Å². The van der Waals surface area contributed by atoms with E-state index in [9.17, 15) is 0 Å². The highest BCUT2D eigenvalue weighted by atomic mass is 16.5. The minimum absolute atomic E-state index is 0.427.